The molecule has 1 aliphatic rings. The average molecular weight is 190 g/mol. The molecule has 1 saturated carbocycles. The first kappa shape index (κ1) is 9.53. The Hall–Kier alpha value is -1.02. The number of nitrogens with one attached hydrogen (secondary N) is 1. The van der Waals surface area contributed by atoms with Gasteiger partial charge in [-0.2, -0.15) is 0 Å². The lowest BCUT2D eigenvalue weighted by molar-refractivity contribution is 0.287. The molecule has 2 heteroatoms. The molecule has 2 rings (SSSR count). The molecule has 0 heterocycles. The van der Waals surface area contributed by atoms with E-state index in [1.54, 1.807) is 0 Å². The fraction of sp³-hybridized carbons (Fsp3) is 0.500. The van der Waals surface area contributed by atoms with E-state index in [0.29, 0.717) is 0 Å². The van der Waals surface area contributed by atoms with E-state index in [9.17, 15) is 0 Å². The van der Waals surface area contributed by atoms with Crippen molar-refractivity contribution in [1.29, 1.82) is 0 Å². The number of anilines is 1. The standard InChI is InChI=1S/C12H18N2/c1-10-5-2-3-6-11(10)14-12(9-13)7-4-8-12/h2-3,5-6,14H,4,7-9,13H2,1H3. The van der Waals surface area contributed by atoms with Gasteiger partial charge in [-0.1, -0.05) is 18.2 Å². The number of para-hydroxylation sites is 1. The second-order valence-electron chi connectivity index (χ2n) is 4.28. The van der Waals surface area contributed by atoms with E-state index in [1.807, 2.05) is 0 Å². The molecule has 1 fully saturated rings. The summed E-state index contributed by atoms with van der Waals surface area (Å²) in [6.07, 6.45) is 3.71. The third-order valence-electron chi connectivity index (χ3n) is 3.25. The highest BCUT2D eigenvalue weighted by atomic mass is 15.0. The normalized spacial score (nSPS) is 18.7. The Labute approximate surface area is 85.5 Å². The third-order valence-corrected chi connectivity index (χ3v) is 3.25. The molecule has 0 spiro atoms. The van der Waals surface area contributed by atoms with Crippen LogP contribution in [0.3, 0.4) is 0 Å². The minimum Gasteiger partial charge on any atom is -0.378 e. The van der Waals surface area contributed by atoms with E-state index >= 15 is 0 Å². The number of nitrogens with two attached hydrogens (primary N) is 1. The summed E-state index contributed by atoms with van der Waals surface area (Å²) < 4.78 is 0. The van der Waals surface area contributed by atoms with Crippen molar-refractivity contribution in [3.8, 4) is 0 Å². The molecular weight excluding hydrogens is 172 g/mol. The first-order valence-electron chi connectivity index (χ1n) is 5.30. The lowest BCUT2D eigenvalue weighted by atomic mass is 9.76. The zero-order valence-electron chi connectivity index (χ0n) is 8.72. The summed E-state index contributed by atoms with van der Waals surface area (Å²) in [6.45, 7) is 2.87. The first-order chi connectivity index (χ1) is 6.76. The van der Waals surface area contributed by atoms with Gasteiger partial charge in [-0.15, -0.1) is 0 Å². The summed E-state index contributed by atoms with van der Waals surface area (Å²) in [5, 5.41) is 3.58. The monoisotopic (exact) mass is 190 g/mol. The lowest BCUT2D eigenvalue weighted by Gasteiger charge is -2.42. The Morgan fingerprint density at radius 2 is 2.07 bits per heavy atom. The zero-order chi connectivity index (χ0) is 10.0. The molecule has 3 N–H and O–H groups in total. The van der Waals surface area contributed by atoms with Crippen LogP contribution in [0, 0.1) is 6.92 Å². The maximum absolute atomic E-state index is 5.80. The molecule has 2 nitrogen and oxygen atoms in total. The summed E-state index contributed by atoms with van der Waals surface area (Å²) in [6, 6.07) is 8.39. The van der Waals surface area contributed by atoms with Crippen molar-refractivity contribution in [2.75, 3.05) is 11.9 Å². The highest BCUT2D eigenvalue weighted by Crippen LogP contribution is 2.34. The molecule has 0 radical (unpaired) electrons. The molecule has 0 aliphatic heterocycles. The van der Waals surface area contributed by atoms with Crippen molar-refractivity contribution < 1.29 is 0 Å². The Morgan fingerprint density at radius 1 is 1.36 bits per heavy atom. The van der Waals surface area contributed by atoms with E-state index in [1.165, 1.54) is 30.5 Å². The molecule has 0 saturated heterocycles. The van der Waals surface area contributed by atoms with Gasteiger partial charge in [-0.3, -0.25) is 0 Å². The molecule has 1 aromatic carbocycles. The minimum atomic E-state index is 0.187. The van der Waals surface area contributed by atoms with Crippen molar-refractivity contribution in [1.82, 2.24) is 0 Å². The number of benzene rings is 1. The number of aryl methyl sites for hydroxylation is 1. The van der Waals surface area contributed by atoms with Crippen molar-refractivity contribution >= 4 is 5.69 Å². The summed E-state index contributed by atoms with van der Waals surface area (Å²) in [7, 11) is 0. The molecule has 1 aromatic rings. The van der Waals surface area contributed by atoms with Gasteiger partial charge < -0.3 is 11.1 Å². The van der Waals surface area contributed by atoms with Gasteiger partial charge in [0.15, 0.2) is 0 Å². The Balaban J connectivity index is 2.13. The molecule has 0 amide bonds. The molecule has 0 bridgehead atoms. The van der Waals surface area contributed by atoms with Crippen LogP contribution in [0.1, 0.15) is 24.8 Å². The van der Waals surface area contributed by atoms with Gasteiger partial charge in [-0.05, 0) is 37.8 Å². The van der Waals surface area contributed by atoms with Crippen LogP contribution in [0.5, 0.6) is 0 Å². The highest BCUT2D eigenvalue weighted by molar-refractivity contribution is 5.52. The summed E-state index contributed by atoms with van der Waals surface area (Å²) >= 11 is 0. The number of rotatable bonds is 3. The first-order valence-corrected chi connectivity index (χ1v) is 5.30. The molecule has 76 valence electrons. The molecule has 0 aromatic heterocycles. The van der Waals surface area contributed by atoms with Gasteiger partial charge in [0, 0.05) is 17.8 Å². The van der Waals surface area contributed by atoms with E-state index < -0.39 is 0 Å². The average Bonchev–Trinajstić information content (AvgIpc) is 2.14. The van der Waals surface area contributed by atoms with Crippen molar-refractivity contribution in [3.05, 3.63) is 29.8 Å². The number of hydrogen-bond donors (Lipinski definition) is 2. The second-order valence-corrected chi connectivity index (χ2v) is 4.28. The predicted octanol–water partition coefficient (Wildman–Crippen LogP) is 2.29. The molecule has 14 heavy (non-hydrogen) atoms. The Morgan fingerprint density at radius 3 is 2.57 bits per heavy atom. The smallest absolute Gasteiger partial charge is 0.0495 e. The SMILES string of the molecule is Cc1ccccc1NC1(CN)CCC1. The largest absolute Gasteiger partial charge is 0.378 e. The number of hydrogen-bond acceptors (Lipinski definition) is 2. The highest BCUT2D eigenvalue weighted by Gasteiger charge is 2.35. The molecular formula is C12H18N2. The predicted molar refractivity (Wildman–Crippen MR) is 60.4 cm³/mol. The minimum absolute atomic E-state index is 0.187. The molecule has 1 aliphatic carbocycles. The summed E-state index contributed by atoms with van der Waals surface area (Å²) in [5.41, 5.74) is 8.52. The third kappa shape index (κ3) is 1.62. The molecule has 0 atom stereocenters. The van der Waals surface area contributed by atoms with Crippen molar-refractivity contribution in [2.45, 2.75) is 31.7 Å². The molecule has 0 unspecified atom stereocenters. The maximum atomic E-state index is 5.80. The fourth-order valence-electron chi connectivity index (χ4n) is 1.98. The van der Waals surface area contributed by atoms with Gasteiger partial charge in [0.05, 0.1) is 0 Å². The lowest BCUT2D eigenvalue weighted by Crippen LogP contribution is -2.51. The fourth-order valence-corrected chi connectivity index (χ4v) is 1.98. The van der Waals surface area contributed by atoms with Crippen molar-refractivity contribution in [2.24, 2.45) is 5.73 Å². The second kappa shape index (κ2) is 3.62. The van der Waals surface area contributed by atoms with Crippen LogP contribution in [0.15, 0.2) is 24.3 Å². The quantitative estimate of drug-likeness (QED) is 0.767. The summed E-state index contributed by atoms with van der Waals surface area (Å²) in [5.74, 6) is 0. The zero-order valence-corrected chi connectivity index (χ0v) is 8.72. The van der Waals surface area contributed by atoms with E-state index in [4.69, 9.17) is 5.73 Å². The van der Waals surface area contributed by atoms with Crippen LogP contribution in [-0.2, 0) is 0 Å². The van der Waals surface area contributed by atoms with Crippen LogP contribution in [0.25, 0.3) is 0 Å². The topological polar surface area (TPSA) is 38.0 Å². The van der Waals surface area contributed by atoms with Crippen LogP contribution in [-0.4, -0.2) is 12.1 Å². The Bertz CT molecular complexity index is 310. The maximum Gasteiger partial charge on any atom is 0.0495 e. The summed E-state index contributed by atoms with van der Waals surface area (Å²) in [4.78, 5) is 0. The van der Waals surface area contributed by atoms with Crippen LogP contribution in [0.2, 0.25) is 0 Å². The van der Waals surface area contributed by atoms with Gasteiger partial charge in [0.2, 0.25) is 0 Å². The van der Waals surface area contributed by atoms with Gasteiger partial charge >= 0.3 is 0 Å². The van der Waals surface area contributed by atoms with Gasteiger partial charge in [-0.25, -0.2) is 0 Å². The Kier molecular flexibility index (Phi) is 2.46. The van der Waals surface area contributed by atoms with Gasteiger partial charge in [0.25, 0.3) is 0 Å². The van der Waals surface area contributed by atoms with Crippen LogP contribution >= 0.6 is 0 Å². The van der Waals surface area contributed by atoms with Gasteiger partial charge in [0.1, 0.15) is 0 Å². The van der Waals surface area contributed by atoms with Crippen molar-refractivity contribution in [3.63, 3.8) is 0 Å². The van der Waals surface area contributed by atoms with E-state index in [2.05, 4.69) is 36.5 Å². The van der Waals surface area contributed by atoms with Crippen LogP contribution in [0.4, 0.5) is 5.69 Å². The van der Waals surface area contributed by atoms with Crippen LogP contribution < -0.4 is 11.1 Å². The van der Waals surface area contributed by atoms with E-state index in [-0.39, 0.29) is 5.54 Å². The van der Waals surface area contributed by atoms with E-state index in [0.717, 1.165) is 6.54 Å².